The van der Waals surface area contributed by atoms with Crippen LogP contribution in [0.4, 0.5) is 5.69 Å². The summed E-state index contributed by atoms with van der Waals surface area (Å²) in [6, 6.07) is 20.4. The topological polar surface area (TPSA) is 71.5 Å². The van der Waals surface area contributed by atoms with Crippen LogP contribution in [0.3, 0.4) is 0 Å². The number of aromatic nitrogens is 1. The van der Waals surface area contributed by atoms with Crippen LogP contribution < -0.4 is 10.1 Å². The van der Waals surface area contributed by atoms with Gasteiger partial charge in [-0.2, -0.15) is 0 Å². The zero-order chi connectivity index (χ0) is 23.0. The predicted molar refractivity (Wildman–Crippen MR) is 129 cm³/mol. The van der Waals surface area contributed by atoms with Gasteiger partial charge < -0.3 is 15.0 Å². The Balaban J connectivity index is 1.34. The monoisotopic (exact) mass is 443 g/mol. The quantitative estimate of drug-likeness (QED) is 0.514. The van der Waals surface area contributed by atoms with Gasteiger partial charge in [-0.1, -0.05) is 37.3 Å². The number of hydrogen-bond donors (Lipinski definition) is 1. The minimum atomic E-state index is -0.215. The second-order valence-electron chi connectivity index (χ2n) is 8.23. The minimum absolute atomic E-state index is 0.0619. The van der Waals surface area contributed by atoms with Crippen molar-refractivity contribution in [3.05, 3.63) is 84.1 Å². The number of pyridine rings is 1. The van der Waals surface area contributed by atoms with E-state index in [1.807, 2.05) is 42.2 Å². The standard InChI is InChI=1S/C27H29N3O3/c1-2-24(20-9-5-3-6-10-20)26(31)29-22-13-16-25(28-19-22)33-23-14-11-21(12-15-23)27(32)30-17-7-4-8-18-30/h3,5-6,9-16,19,24H,2,4,7-8,17-18H2,1H3,(H,29,31)/t24-/m1/s1. The van der Waals surface area contributed by atoms with Gasteiger partial charge in [0.25, 0.3) is 5.91 Å². The number of piperidine rings is 1. The highest BCUT2D eigenvalue weighted by atomic mass is 16.5. The summed E-state index contributed by atoms with van der Waals surface area (Å²) in [7, 11) is 0. The van der Waals surface area contributed by atoms with Crippen LogP contribution in [-0.4, -0.2) is 34.8 Å². The maximum atomic E-state index is 12.7. The largest absolute Gasteiger partial charge is 0.439 e. The third kappa shape index (κ3) is 5.77. The van der Waals surface area contributed by atoms with Crippen molar-refractivity contribution in [1.29, 1.82) is 0 Å². The third-order valence-electron chi connectivity index (χ3n) is 5.90. The normalized spacial score (nSPS) is 14.4. The number of anilines is 1. The summed E-state index contributed by atoms with van der Waals surface area (Å²) < 4.78 is 5.81. The molecule has 2 heterocycles. The smallest absolute Gasteiger partial charge is 0.253 e. The highest BCUT2D eigenvalue weighted by Crippen LogP contribution is 2.24. The molecule has 0 saturated carbocycles. The van der Waals surface area contributed by atoms with Crippen molar-refractivity contribution in [2.24, 2.45) is 0 Å². The first-order valence-corrected chi connectivity index (χ1v) is 11.5. The molecule has 2 aromatic carbocycles. The maximum absolute atomic E-state index is 12.7. The van der Waals surface area contributed by atoms with E-state index in [1.54, 1.807) is 42.6 Å². The molecule has 4 rings (SSSR count). The molecule has 6 nitrogen and oxygen atoms in total. The van der Waals surface area contributed by atoms with Crippen molar-refractivity contribution in [3.63, 3.8) is 0 Å². The Bertz CT molecular complexity index is 1060. The van der Waals surface area contributed by atoms with E-state index in [1.165, 1.54) is 6.42 Å². The number of nitrogens with one attached hydrogen (secondary N) is 1. The lowest BCUT2D eigenvalue weighted by Crippen LogP contribution is -2.35. The van der Waals surface area contributed by atoms with Gasteiger partial charge in [0.05, 0.1) is 17.8 Å². The first-order valence-electron chi connectivity index (χ1n) is 11.5. The third-order valence-corrected chi connectivity index (χ3v) is 5.90. The molecule has 2 amide bonds. The van der Waals surface area contributed by atoms with Crippen LogP contribution in [0.15, 0.2) is 72.9 Å². The van der Waals surface area contributed by atoms with Crippen molar-refractivity contribution in [3.8, 4) is 11.6 Å². The molecule has 1 saturated heterocycles. The van der Waals surface area contributed by atoms with Gasteiger partial charge in [-0.05, 0) is 61.6 Å². The molecule has 0 bridgehead atoms. The Morgan fingerprint density at radius 2 is 1.70 bits per heavy atom. The molecule has 170 valence electrons. The Hall–Kier alpha value is -3.67. The van der Waals surface area contributed by atoms with E-state index >= 15 is 0 Å². The Kier molecular flexibility index (Phi) is 7.35. The van der Waals surface area contributed by atoms with Crippen LogP contribution in [0.2, 0.25) is 0 Å². The second-order valence-corrected chi connectivity index (χ2v) is 8.23. The SMILES string of the molecule is CC[C@@H](C(=O)Nc1ccc(Oc2ccc(C(=O)N3CCCCC3)cc2)nc1)c1ccccc1. The number of likely N-dealkylation sites (tertiary alicyclic amines) is 1. The molecule has 0 radical (unpaired) electrons. The number of benzene rings is 2. The molecular weight excluding hydrogens is 414 g/mol. The van der Waals surface area contributed by atoms with Crippen molar-refractivity contribution >= 4 is 17.5 Å². The van der Waals surface area contributed by atoms with E-state index in [0.717, 1.165) is 31.5 Å². The van der Waals surface area contributed by atoms with Crippen LogP contribution >= 0.6 is 0 Å². The summed E-state index contributed by atoms with van der Waals surface area (Å²) in [6.45, 7) is 3.65. The molecule has 0 unspecified atom stereocenters. The summed E-state index contributed by atoms with van der Waals surface area (Å²) >= 11 is 0. The van der Waals surface area contributed by atoms with Crippen LogP contribution in [0.5, 0.6) is 11.6 Å². The van der Waals surface area contributed by atoms with E-state index in [4.69, 9.17) is 4.74 Å². The zero-order valence-corrected chi connectivity index (χ0v) is 18.9. The van der Waals surface area contributed by atoms with Crippen molar-refractivity contribution in [1.82, 2.24) is 9.88 Å². The summed E-state index contributed by atoms with van der Waals surface area (Å²) in [6.07, 6.45) is 5.62. The van der Waals surface area contributed by atoms with E-state index < -0.39 is 0 Å². The van der Waals surface area contributed by atoms with Gasteiger partial charge in [0.1, 0.15) is 5.75 Å². The van der Waals surface area contributed by atoms with Crippen molar-refractivity contribution < 1.29 is 14.3 Å². The molecule has 0 aliphatic carbocycles. The predicted octanol–water partition coefficient (Wildman–Crippen LogP) is 5.63. The van der Waals surface area contributed by atoms with Gasteiger partial charge in [-0.25, -0.2) is 4.98 Å². The zero-order valence-electron chi connectivity index (χ0n) is 18.9. The van der Waals surface area contributed by atoms with Crippen molar-refractivity contribution in [2.45, 2.75) is 38.5 Å². The molecule has 33 heavy (non-hydrogen) atoms. The average molecular weight is 444 g/mol. The number of ether oxygens (including phenoxy) is 1. The summed E-state index contributed by atoms with van der Waals surface area (Å²) in [4.78, 5) is 31.5. The summed E-state index contributed by atoms with van der Waals surface area (Å²) in [5, 5.41) is 2.93. The van der Waals surface area contributed by atoms with Crippen LogP contribution in [-0.2, 0) is 4.79 Å². The van der Waals surface area contributed by atoms with Crippen molar-refractivity contribution in [2.75, 3.05) is 18.4 Å². The van der Waals surface area contributed by atoms with Gasteiger partial charge in [-0.15, -0.1) is 0 Å². The molecule has 1 aromatic heterocycles. The second kappa shape index (κ2) is 10.8. The lowest BCUT2D eigenvalue weighted by atomic mass is 9.95. The molecule has 3 aromatic rings. The van der Waals surface area contributed by atoms with Crippen LogP contribution in [0, 0.1) is 0 Å². The lowest BCUT2D eigenvalue weighted by molar-refractivity contribution is -0.117. The maximum Gasteiger partial charge on any atom is 0.253 e. The Morgan fingerprint density at radius 3 is 2.33 bits per heavy atom. The number of hydrogen-bond acceptors (Lipinski definition) is 4. The highest BCUT2D eigenvalue weighted by molar-refractivity contribution is 5.96. The van der Waals surface area contributed by atoms with E-state index in [-0.39, 0.29) is 17.7 Å². The molecular formula is C27H29N3O3. The molecule has 0 spiro atoms. The van der Waals surface area contributed by atoms with Gasteiger partial charge in [0.15, 0.2) is 0 Å². The first-order chi connectivity index (χ1) is 16.1. The van der Waals surface area contributed by atoms with Gasteiger partial charge in [0, 0.05) is 24.7 Å². The molecule has 1 atom stereocenters. The Morgan fingerprint density at radius 1 is 0.970 bits per heavy atom. The molecule has 1 aliphatic heterocycles. The Labute approximate surface area is 194 Å². The summed E-state index contributed by atoms with van der Waals surface area (Å²) in [5.41, 5.74) is 2.27. The number of carbonyl (C=O) groups excluding carboxylic acids is 2. The highest BCUT2D eigenvalue weighted by Gasteiger charge is 2.19. The molecule has 6 heteroatoms. The van der Waals surface area contributed by atoms with Gasteiger partial charge >= 0.3 is 0 Å². The fourth-order valence-corrected chi connectivity index (χ4v) is 4.07. The number of rotatable bonds is 7. The number of amides is 2. The number of nitrogens with zero attached hydrogens (tertiary/aromatic N) is 2. The van der Waals surface area contributed by atoms with Gasteiger partial charge in [-0.3, -0.25) is 9.59 Å². The van der Waals surface area contributed by atoms with E-state index in [9.17, 15) is 9.59 Å². The van der Waals surface area contributed by atoms with Crippen LogP contribution in [0.1, 0.15) is 54.4 Å². The average Bonchev–Trinajstić information content (AvgIpc) is 2.87. The molecule has 1 N–H and O–H groups in total. The number of carbonyl (C=O) groups is 2. The van der Waals surface area contributed by atoms with Gasteiger partial charge in [0.2, 0.25) is 11.8 Å². The minimum Gasteiger partial charge on any atom is -0.439 e. The summed E-state index contributed by atoms with van der Waals surface area (Å²) in [5.74, 6) is 0.810. The van der Waals surface area contributed by atoms with Crippen LogP contribution in [0.25, 0.3) is 0 Å². The van der Waals surface area contributed by atoms with E-state index in [2.05, 4.69) is 10.3 Å². The molecule has 1 fully saturated rings. The van der Waals surface area contributed by atoms with E-state index in [0.29, 0.717) is 29.3 Å². The molecule has 1 aliphatic rings. The fraction of sp³-hybridized carbons (Fsp3) is 0.296. The first kappa shape index (κ1) is 22.5. The lowest BCUT2D eigenvalue weighted by Gasteiger charge is -2.26. The fourth-order valence-electron chi connectivity index (χ4n) is 4.07.